The Morgan fingerprint density at radius 3 is 1.95 bits per heavy atom. The van der Waals surface area contributed by atoms with Crippen molar-refractivity contribution in [3.63, 3.8) is 0 Å². The fourth-order valence-corrected chi connectivity index (χ4v) is 7.65. The summed E-state index contributed by atoms with van der Waals surface area (Å²) in [7, 11) is 0. The molecule has 8 nitrogen and oxygen atoms in total. The van der Waals surface area contributed by atoms with Crippen LogP contribution in [0.3, 0.4) is 0 Å². The number of ether oxygens (including phenoxy) is 2. The van der Waals surface area contributed by atoms with Crippen molar-refractivity contribution in [1.82, 2.24) is 9.88 Å². The van der Waals surface area contributed by atoms with Gasteiger partial charge < -0.3 is 24.6 Å². The van der Waals surface area contributed by atoms with Gasteiger partial charge in [0, 0.05) is 50.1 Å². The maximum absolute atomic E-state index is 13.1. The summed E-state index contributed by atoms with van der Waals surface area (Å²) < 4.78 is 12.3. The minimum absolute atomic E-state index is 0.0845. The molecule has 288 valence electrons. The molecule has 1 N–H and O–H groups in total. The van der Waals surface area contributed by atoms with E-state index in [0.29, 0.717) is 36.9 Å². The van der Waals surface area contributed by atoms with Crippen molar-refractivity contribution in [3.05, 3.63) is 174 Å². The van der Waals surface area contributed by atoms with Gasteiger partial charge in [-0.3, -0.25) is 9.59 Å². The second-order valence-electron chi connectivity index (χ2n) is 15.0. The van der Waals surface area contributed by atoms with Gasteiger partial charge in [-0.1, -0.05) is 84.4 Å². The average Bonchev–Trinajstić information content (AvgIpc) is 3.27. The number of carbonyl (C=O) groups is 2. The highest BCUT2D eigenvalue weighted by atomic mass is 16.5. The normalized spacial score (nSPS) is 14.9. The first-order valence-electron chi connectivity index (χ1n) is 20.0. The fourth-order valence-electron chi connectivity index (χ4n) is 7.65. The minimum atomic E-state index is -0.171. The van der Waals surface area contributed by atoms with Crippen molar-refractivity contribution in [2.75, 3.05) is 36.4 Å². The topological polar surface area (TPSA) is 84.0 Å². The number of anilines is 2. The Balaban J connectivity index is 0.762. The van der Waals surface area contributed by atoms with E-state index in [0.717, 1.165) is 83.9 Å². The van der Waals surface area contributed by atoms with Crippen molar-refractivity contribution >= 4 is 23.3 Å². The lowest BCUT2D eigenvalue weighted by Gasteiger charge is -2.33. The highest BCUT2D eigenvalue weighted by Gasteiger charge is 2.25. The Hall–Kier alpha value is -6.41. The van der Waals surface area contributed by atoms with E-state index in [1.807, 2.05) is 121 Å². The molecular formula is C49H48N4O4. The Morgan fingerprint density at radius 2 is 1.30 bits per heavy atom. The maximum atomic E-state index is 13.1. The number of aryl methyl sites for hydroxylation is 1. The Labute approximate surface area is 335 Å². The molecule has 0 unspecified atom stereocenters. The van der Waals surface area contributed by atoms with E-state index >= 15 is 0 Å². The quantitative estimate of drug-likeness (QED) is 0.142. The van der Waals surface area contributed by atoms with Gasteiger partial charge in [0.25, 0.3) is 11.8 Å². The van der Waals surface area contributed by atoms with Gasteiger partial charge in [0.2, 0.25) is 0 Å². The predicted octanol–water partition coefficient (Wildman–Crippen LogP) is 9.96. The first-order chi connectivity index (χ1) is 27.9. The number of carbonyl (C=O) groups excluding carboxylic acids is 2. The molecule has 0 atom stereocenters. The number of piperidine rings is 2. The van der Waals surface area contributed by atoms with Crippen molar-refractivity contribution in [3.8, 4) is 22.6 Å². The molecule has 2 fully saturated rings. The molecule has 2 aliphatic rings. The second-order valence-corrected chi connectivity index (χ2v) is 15.0. The Kier molecular flexibility index (Phi) is 11.6. The summed E-state index contributed by atoms with van der Waals surface area (Å²) in [4.78, 5) is 34.8. The van der Waals surface area contributed by atoms with Crippen LogP contribution in [0.25, 0.3) is 11.1 Å². The van der Waals surface area contributed by atoms with Gasteiger partial charge in [-0.25, -0.2) is 4.98 Å². The summed E-state index contributed by atoms with van der Waals surface area (Å²) in [5.41, 5.74) is 7.65. The summed E-state index contributed by atoms with van der Waals surface area (Å²) in [6, 6.07) is 46.1. The van der Waals surface area contributed by atoms with Crippen molar-refractivity contribution in [1.29, 1.82) is 0 Å². The third-order valence-corrected chi connectivity index (χ3v) is 11.1. The highest BCUT2D eigenvalue weighted by molar-refractivity contribution is 6.04. The van der Waals surface area contributed by atoms with Gasteiger partial charge in [-0.15, -0.1) is 0 Å². The third-order valence-electron chi connectivity index (χ3n) is 11.1. The zero-order valence-electron chi connectivity index (χ0n) is 32.3. The first kappa shape index (κ1) is 37.5. The lowest BCUT2D eigenvalue weighted by Crippen LogP contribution is -2.41. The van der Waals surface area contributed by atoms with E-state index in [4.69, 9.17) is 9.47 Å². The van der Waals surface area contributed by atoms with E-state index in [-0.39, 0.29) is 17.9 Å². The molecular weight excluding hydrogens is 709 g/mol. The molecule has 0 spiro atoms. The summed E-state index contributed by atoms with van der Waals surface area (Å²) >= 11 is 0. The van der Waals surface area contributed by atoms with Crippen LogP contribution in [0, 0.1) is 6.92 Å². The zero-order chi connectivity index (χ0) is 39.0. The summed E-state index contributed by atoms with van der Waals surface area (Å²) in [6.07, 6.45) is 5.65. The predicted molar refractivity (Wildman–Crippen MR) is 226 cm³/mol. The van der Waals surface area contributed by atoms with Crippen molar-refractivity contribution in [2.24, 2.45) is 0 Å². The summed E-state index contributed by atoms with van der Waals surface area (Å²) in [5.74, 6) is 3.05. The molecule has 1 aromatic heterocycles. The van der Waals surface area contributed by atoms with E-state index in [2.05, 4.69) is 45.5 Å². The number of pyridine rings is 1. The van der Waals surface area contributed by atoms with Gasteiger partial charge in [0.1, 0.15) is 30.0 Å². The smallest absolute Gasteiger partial charge is 0.255 e. The number of hydrogen-bond acceptors (Lipinski definition) is 6. The largest absolute Gasteiger partial charge is 0.490 e. The summed E-state index contributed by atoms with van der Waals surface area (Å²) in [6.45, 7) is 5.78. The lowest BCUT2D eigenvalue weighted by atomic mass is 9.89. The molecule has 2 saturated heterocycles. The SMILES string of the molecule is Cc1ccc(C(=O)N2CCC(Oc3ccc(COc4ccc(-c5ccc(C(=O)Nc6ccc(N7CCC(c8ccccc8)CC7)nc6)cc5)cc4)cc3)CC2)cc1. The van der Waals surface area contributed by atoms with Crippen LogP contribution in [0.4, 0.5) is 11.5 Å². The van der Waals surface area contributed by atoms with Gasteiger partial charge in [-0.2, -0.15) is 0 Å². The number of benzene rings is 5. The van der Waals surface area contributed by atoms with Crippen LogP contribution in [-0.4, -0.2) is 54.0 Å². The number of amides is 2. The van der Waals surface area contributed by atoms with Crippen LogP contribution >= 0.6 is 0 Å². The summed E-state index contributed by atoms with van der Waals surface area (Å²) in [5, 5.41) is 2.99. The third kappa shape index (κ3) is 9.52. The second kappa shape index (κ2) is 17.6. The van der Waals surface area contributed by atoms with Gasteiger partial charge in [-0.05, 0) is 109 Å². The van der Waals surface area contributed by atoms with E-state index in [9.17, 15) is 9.59 Å². The van der Waals surface area contributed by atoms with Crippen LogP contribution in [-0.2, 0) is 6.61 Å². The maximum Gasteiger partial charge on any atom is 0.255 e. The average molecular weight is 757 g/mol. The number of nitrogens with zero attached hydrogens (tertiary/aromatic N) is 3. The molecule has 0 radical (unpaired) electrons. The molecule has 6 aromatic rings. The van der Waals surface area contributed by atoms with E-state index in [1.165, 1.54) is 5.56 Å². The molecule has 3 heterocycles. The molecule has 0 aliphatic carbocycles. The van der Waals surface area contributed by atoms with Crippen LogP contribution < -0.4 is 19.7 Å². The van der Waals surface area contributed by atoms with E-state index in [1.54, 1.807) is 6.20 Å². The monoisotopic (exact) mass is 756 g/mol. The first-order valence-corrected chi connectivity index (χ1v) is 20.0. The fraction of sp³-hybridized carbons (Fsp3) is 0.245. The molecule has 0 saturated carbocycles. The van der Waals surface area contributed by atoms with Crippen LogP contribution in [0.15, 0.2) is 146 Å². The molecule has 0 bridgehead atoms. The number of rotatable bonds is 11. The van der Waals surface area contributed by atoms with Gasteiger partial charge >= 0.3 is 0 Å². The van der Waals surface area contributed by atoms with Crippen LogP contribution in [0.2, 0.25) is 0 Å². The molecule has 2 aliphatic heterocycles. The number of likely N-dealkylation sites (tertiary alicyclic amines) is 1. The molecule has 2 amide bonds. The van der Waals surface area contributed by atoms with Crippen molar-refractivity contribution in [2.45, 2.75) is 51.2 Å². The minimum Gasteiger partial charge on any atom is -0.490 e. The number of aromatic nitrogens is 1. The number of hydrogen-bond donors (Lipinski definition) is 1. The molecule has 57 heavy (non-hydrogen) atoms. The van der Waals surface area contributed by atoms with Crippen LogP contribution in [0.5, 0.6) is 11.5 Å². The molecule has 8 heteroatoms. The van der Waals surface area contributed by atoms with Gasteiger partial charge in [0.05, 0.1) is 11.9 Å². The zero-order valence-corrected chi connectivity index (χ0v) is 32.3. The lowest BCUT2D eigenvalue weighted by molar-refractivity contribution is 0.0595. The highest BCUT2D eigenvalue weighted by Crippen LogP contribution is 2.30. The van der Waals surface area contributed by atoms with Crippen LogP contribution in [0.1, 0.15) is 69.0 Å². The van der Waals surface area contributed by atoms with E-state index < -0.39 is 0 Å². The Bertz CT molecular complexity index is 2230. The standard InChI is InChI=1S/C49H48N4O4/c1-35-7-11-42(12-8-35)49(55)53-31-27-46(28-32-53)57-45-20-9-36(10-21-45)34-56-44-22-17-39(18-23-44)38-13-15-41(16-14-38)48(54)51-43-19-24-47(50-33-43)52-29-25-40(26-30-52)37-5-3-2-4-6-37/h2-24,33,40,46H,25-32,34H2,1H3,(H,51,54). The van der Waals surface area contributed by atoms with Gasteiger partial charge in [0.15, 0.2) is 0 Å². The Morgan fingerprint density at radius 1 is 0.667 bits per heavy atom. The number of nitrogens with one attached hydrogen (secondary N) is 1. The molecule has 5 aromatic carbocycles. The van der Waals surface area contributed by atoms with Crippen molar-refractivity contribution < 1.29 is 19.1 Å². The molecule has 8 rings (SSSR count).